The number of carbonyl (C=O) groups excluding carboxylic acids is 2. The number of aliphatic carboxylic acids is 2. The van der Waals surface area contributed by atoms with Crippen molar-refractivity contribution in [2.45, 2.75) is 0 Å². The molecule has 0 saturated heterocycles. The molecule has 0 heterocycles. The van der Waals surface area contributed by atoms with Gasteiger partial charge >= 0.3 is 35.5 Å². The van der Waals surface area contributed by atoms with Crippen molar-refractivity contribution < 1.29 is 54.2 Å². The number of rotatable bonds is 6. The van der Waals surface area contributed by atoms with Crippen LogP contribution in [0.25, 0.3) is 0 Å². The van der Waals surface area contributed by atoms with Crippen molar-refractivity contribution in [1.29, 1.82) is 0 Å². The minimum atomic E-state index is -1.46. The van der Waals surface area contributed by atoms with Gasteiger partial charge in [-0.1, -0.05) is 0 Å². The zero-order valence-corrected chi connectivity index (χ0v) is 9.73. The molecule has 0 saturated carbocycles. The van der Waals surface area contributed by atoms with Crippen LogP contribution in [0.15, 0.2) is 0 Å². The molecule has 0 atom stereocenters. The molecule has 8 heteroatoms. The zero-order chi connectivity index (χ0) is 10.4. The van der Waals surface area contributed by atoms with E-state index in [4.69, 9.17) is 10.8 Å². The molecule has 0 aromatic carbocycles. The second-order valence-corrected chi connectivity index (χ2v) is 2.38. The molecule has 74 valence electrons. The first-order valence-electron chi connectivity index (χ1n) is 3.34. The number of nitrogens with two attached hydrogens (primary N) is 1. The Kier molecular flexibility index (Phi) is 8.75. The summed E-state index contributed by atoms with van der Waals surface area (Å²) in [5, 5.41) is 18.4. The third-order valence-corrected chi connectivity index (χ3v) is 1.09. The predicted molar refractivity (Wildman–Crippen MR) is 38.3 cm³/mol. The average molecular weight is 212 g/mol. The van der Waals surface area contributed by atoms with Crippen molar-refractivity contribution in [2.75, 3.05) is 19.6 Å². The van der Waals surface area contributed by atoms with Gasteiger partial charge in [-0.25, -0.2) is 0 Å². The Morgan fingerprint density at radius 2 is 1.71 bits per heavy atom. The van der Waals surface area contributed by atoms with Crippen molar-refractivity contribution in [3.63, 3.8) is 0 Å². The first-order chi connectivity index (χ1) is 5.91. The fourth-order valence-electron chi connectivity index (χ4n) is 0.762. The number of hydrogen-bond acceptors (Lipinski definition) is 5. The summed E-state index contributed by atoms with van der Waals surface area (Å²) in [6, 6.07) is 0. The maximum absolute atomic E-state index is 10.3. The third-order valence-electron chi connectivity index (χ3n) is 1.09. The number of hydrogen-bond donors (Lipinski definition) is 2. The van der Waals surface area contributed by atoms with E-state index in [1.165, 1.54) is 0 Å². The molecule has 0 unspecified atom stereocenters. The topological polar surface area (TPSA) is 124 Å². The van der Waals surface area contributed by atoms with Crippen LogP contribution in [0.4, 0.5) is 0 Å². The largest absolute Gasteiger partial charge is 1.00 e. The van der Waals surface area contributed by atoms with E-state index in [1.807, 2.05) is 0 Å². The molecule has 0 rings (SSSR count). The summed E-state index contributed by atoms with van der Waals surface area (Å²) in [6.07, 6.45) is 0. The number of primary amides is 1. The van der Waals surface area contributed by atoms with E-state index < -0.39 is 37.5 Å². The fraction of sp³-hybridized carbons (Fsp3) is 0.500. The molecule has 0 fully saturated rings. The van der Waals surface area contributed by atoms with Crippen LogP contribution in [0, 0.1) is 0 Å². The maximum Gasteiger partial charge on any atom is 1.00 e. The Labute approximate surface area is 102 Å². The van der Waals surface area contributed by atoms with Gasteiger partial charge < -0.3 is 20.7 Å². The molecule has 0 aliphatic rings. The van der Waals surface area contributed by atoms with Gasteiger partial charge in [-0.2, -0.15) is 0 Å². The SMILES string of the molecule is NC(=O)CN(CC(=O)[O-])CC(=O)O.[Na+]. The molecule has 0 aliphatic heterocycles. The standard InChI is InChI=1S/C6H10N2O5.Na/c7-4(9)1-8(2-5(10)11)3-6(12)13;/h1-3H2,(H2,7,9)(H,10,11)(H,12,13);/q;+1/p-1. The van der Waals surface area contributed by atoms with E-state index >= 15 is 0 Å². The number of carboxylic acid groups (broad SMARTS) is 2. The van der Waals surface area contributed by atoms with Crippen LogP contribution in [0.3, 0.4) is 0 Å². The Morgan fingerprint density at radius 1 is 1.21 bits per heavy atom. The quantitative estimate of drug-likeness (QED) is 0.422. The molecule has 0 bridgehead atoms. The van der Waals surface area contributed by atoms with Crippen LogP contribution in [-0.2, 0) is 14.4 Å². The van der Waals surface area contributed by atoms with Gasteiger partial charge in [0.05, 0.1) is 19.1 Å². The van der Waals surface area contributed by atoms with Gasteiger partial charge in [-0.15, -0.1) is 0 Å². The van der Waals surface area contributed by atoms with Crippen LogP contribution in [0.5, 0.6) is 0 Å². The van der Waals surface area contributed by atoms with Gasteiger partial charge in [-0.3, -0.25) is 14.5 Å². The molecule has 1 amide bonds. The average Bonchev–Trinajstić information content (AvgIpc) is 1.80. The van der Waals surface area contributed by atoms with E-state index in [9.17, 15) is 19.5 Å². The minimum Gasteiger partial charge on any atom is -0.549 e. The number of carbonyl (C=O) groups is 3. The molecule has 3 N–H and O–H groups in total. The first-order valence-corrected chi connectivity index (χ1v) is 3.34. The minimum absolute atomic E-state index is 0. The summed E-state index contributed by atoms with van der Waals surface area (Å²) < 4.78 is 0. The van der Waals surface area contributed by atoms with Gasteiger partial charge in [0.25, 0.3) is 0 Å². The molecule has 0 aromatic heterocycles. The van der Waals surface area contributed by atoms with Crippen molar-refractivity contribution in [2.24, 2.45) is 5.73 Å². The Hall–Kier alpha value is -0.630. The third kappa shape index (κ3) is 9.46. The smallest absolute Gasteiger partial charge is 0.549 e. The first kappa shape index (κ1) is 15.8. The van der Waals surface area contributed by atoms with Crippen LogP contribution in [0.2, 0.25) is 0 Å². The van der Waals surface area contributed by atoms with Gasteiger partial charge in [0.1, 0.15) is 0 Å². The van der Waals surface area contributed by atoms with Gasteiger partial charge in [0.15, 0.2) is 0 Å². The Balaban J connectivity index is 0. The van der Waals surface area contributed by atoms with Crippen molar-refractivity contribution >= 4 is 17.8 Å². The van der Waals surface area contributed by atoms with Crippen molar-refractivity contribution in [1.82, 2.24) is 4.90 Å². The summed E-state index contributed by atoms with van der Waals surface area (Å²) in [5.74, 6) is -3.48. The molecule has 7 nitrogen and oxygen atoms in total. The maximum atomic E-state index is 10.3. The van der Waals surface area contributed by atoms with E-state index in [2.05, 4.69) is 0 Å². The second-order valence-electron chi connectivity index (χ2n) is 2.38. The van der Waals surface area contributed by atoms with E-state index in [0.717, 1.165) is 4.90 Å². The monoisotopic (exact) mass is 212 g/mol. The molecule has 0 aliphatic carbocycles. The molecule has 0 radical (unpaired) electrons. The predicted octanol–water partition coefficient (Wildman–Crippen LogP) is -6.39. The Bertz CT molecular complexity index is 194. The van der Waals surface area contributed by atoms with E-state index in [1.54, 1.807) is 0 Å². The summed E-state index contributed by atoms with van der Waals surface area (Å²) in [4.78, 5) is 31.4. The van der Waals surface area contributed by atoms with Crippen LogP contribution < -0.4 is 40.4 Å². The van der Waals surface area contributed by atoms with Crippen LogP contribution in [0.1, 0.15) is 0 Å². The number of nitrogens with zero attached hydrogens (tertiary/aromatic N) is 1. The molecule has 0 aromatic rings. The summed E-state index contributed by atoms with van der Waals surface area (Å²) in [7, 11) is 0. The molecule has 14 heavy (non-hydrogen) atoms. The van der Waals surface area contributed by atoms with Crippen molar-refractivity contribution in [3.05, 3.63) is 0 Å². The Morgan fingerprint density at radius 3 is 2.00 bits per heavy atom. The van der Waals surface area contributed by atoms with Crippen LogP contribution >= 0.6 is 0 Å². The fourth-order valence-corrected chi connectivity index (χ4v) is 0.762. The van der Waals surface area contributed by atoms with Gasteiger partial charge in [-0.05, 0) is 0 Å². The normalized spacial score (nSPS) is 9.21. The zero-order valence-electron chi connectivity index (χ0n) is 7.73. The number of amides is 1. The van der Waals surface area contributed by atoms with Crippen LogP contribution in [-0.4, -0.2) is 47.5 Å². The summed E-state index contributed by atoms with van der Waals surface area (Å²) in [6.45, 7) is -1.60. The van der Waals surface area contributed by atoms with Gasteiger partial charge in [0.2, 0.25) is 5.91 Å². The van der Waals surface area contributed by atoms with E-state index in [-0.39, 0.29) is 29.6 Å². The summed E-state index contributed by atoms with van der Waals surface area (Å²) >= 11 is 0. The van der Waals surface area contributed by atoms with E-state index in [0.29, 0.717) is 0 Å². The van der Waals surface area contributed by atoms with Crippen molar-refractivity contribution in [3.8, 4) is 0 Å². The molecular weight excluding hydrogens is 203 g/mol. The summed E-state index contributed by atoms with van der Waals surface area (Å²) in [5.41, 5.74) is 4.76. The number of carboxylic acids is 2. The molecular formula is C6H9N2NaO5. The van der Waals surface area contributed by atoms with Gasteiger partial charge in [0, 0.05) is 6.54 Å². The second kappa shape index (κ2) is 7.74. The molecule has 0 spiro atoms.